The zero-order valence-corrected chi connectivity index (χ0v) is 14.9. The van der Waals surface area contributed by atoms with E-state index in [-0.39, 0.29) is 0 Å². The van der Waals surface area contributed by atoms with Gasteiger partial charge >= 0.3 is 0 Å². The van der Waals surface area contributed by atoms with E-state index in [9.17, 15) is 4.79 Å². The highest BCUT2D eigenvalue weighted by Crippen LogP contribution is 2.25. The number of carbonyl (C=O) groups excluding carboxylic acids is 1. The number of nitrogens with two attached hydrogens (primary N) is 1. The lowest BCUT2D eigenvalue weighted by atomic mass is 10.2. The van der Waals surface area contributed by atoms with Crippen molar-refractivity contribution in [2.75, 3.05) is 11.9 Å². The molecule has 8 nitrogen and oxygen atoms in total. The molecule has 0 saturated heterocycles. The maximum absolute atomic E-state index is 11.4. The minimum atomic E-state index is -0.433. The maximum Gasteiger partial charge on any atom is 0.248 e. The van der Waals surface area contributed by atoms with Crippen LogP contribution in [0.1, 0.15) is 16.1 Å². The number of aromatic amines is 1. The van der Waals surface area contributed by atoms with Gasteiger partial charge in [0.2, 0.25) is 17.6 Å². The number of nitrogens with zero attached hydrogens (tertiary/aromatic N) is 3. The molecule has 9 heteroatoms. The van der Waals surface area contributed by atoms with E-state index in [4.69, 9.17) is 5.73 Å². The summed E-state index contributed by atoms with van der Waals surface area (Å²) in [7, 11) is 0. The number of nitrogens with one attached hydrogen (secondary N) is 3. The van der Waals surface area contributed by atoms with Crippen LogP contribution in [0.25, 0.3) is 0 Å². The first-order chi connectivity index (χ1) is 12.6. The van der Waals surface area contributed by atoms with Crippen LogP contribution in [0.2, 0.25) is 0 Å². The van der Waals surface area contributed by atoms with Gasteiger partial charge < -0.3 is 5.73 Å². The Bertz CT molecular complexity index is 946. The van der Waals surface area contributed by atoms with E-state index >= 15 is 0 Å². The quantitative estimate of drug-likeness (QED) is 0.585. The second-order valence-corrected chi connectivity index (χ2v) is 7.09. The predicted molar refractivity (Wildman–Crippen MR) is 100 cm³/mol. The molecule has 1 aromatic carbocycles. The molecule has 2 aromatic rings. The van der Waals surface area contributed by atoms with Gasteiger partial charge in [0.05, 0.1) is 12.4 Å². The molecule has 1 amide bonds. The lowest BCUT2D eigenvalue weighted by molar-refractivity contribution is -0.699. The summed E-state index contributed by atoms with van der Waals surface area (Å²) in [6.45, 7) is 2.62. The number of benzene rings is 1. The van der Waals surface area contributed by atoms with E-state index in [1.54, 1.807) is 18.3 Å². The number of hydrogen-bond acceptors (Lipinski definition) is 6. The second kappa shape index (κ2) is 6.70. The molecule has 0 aliphatic carbocycles. The van der Waals surface area contributed by atoms with E-state index in [1.165, 1.54) is 11.9 Å². The molecule has 1 aromatic heterocycles. The summed E-state index contributed by atoms with van der Waals surface area (Å²) in [5.74, 6) is 2.23. The monoisotopic (exact) mass is 368 g/mol. The zero-order valence-electron chi connectivity index (χ0n) is 14.1. The number of anilines is 1. The summed E-state index contributed by atoms with van der Waals surface area (Å²) in [6.07, 6.45) is 5.82. The number of rotatable bonds is 5. The molecule has 3 heterocycles. The van der Waals surface area contributed by atoms with Gasteiger partial charge in [0.1, 0.15) is 12.7 Å². The van der Waals surface area contributed by atoms with E-state index in [0.717, 1.165) is 33.0 Å². The van der Waals surface area contributed by atoms with Crippen LogP contribution in [0.15, 0.2) is 64.6 Å². The highest BCUT2D eigenvalue weighted by atomic mass is 32.2. The van der Waals surface area contributed by atoms with Gasteiger partial charge in [-0.25, -0.2) is 9.89 Å². The molecule has 0 bridgehead atoms. The second-order valence-electron chi connectivity index (χ2n) is 5.97. The van der Waals surface area contributed by atoms with E-state index in [0.29, 0.717) is 12.1 Å². The smallest absolute Gasteiger partial charge is 0.248 e. The van der Waals surface area contributed by atoms with Crippen molar-refractivity contribution in [1.29, 1.82) is 0 Å². The van der Waals surface area contributed by atoms with Gasteiger partial charge in [0, 0.05) is 22.2 Å². The van der Waals surface area contributed by atoms with Gasteiger partial charge in [-0.2, -0.15) is 5.10 Å². The van der Waals surface area contributed by atoms with E-state index < -0.39 is 5.91 Å². The highest BCUT2D eigenvalue weighted by Gasteiger charge is 2.32. The third-order valence-corrected chi connectivity index (χ3v) is 4.90. The third kappa shape index (κ3) is 3.35. The molecule has 1 atom stereocenters. The lowest BCUT2D eigenvalue weighted by Gasteiger charge is -2.27. The van der Waals surface area contributed by atoms with Crippen LogP contribution in [0.3, 0.4) is 0 Å². The number of hydrogen-bond donors (Lipinski definition) is 4. The fraction of sp³-hybridized carbons (Fsp3) is 0.118. The number of amidine groups is 1. The Morgan fingerprint density at radius 3 is 3.08 bits per heavy atom. The first kappa shape index (κ1) is 16.4. The van der Waals surface area contributed by atoms with Crippen molar-refractivity contribution in [3.63, 3.8) is 0 Å². The van der Waals surface area contributed by atoms with Crippen LogP contribution in [-0.4, -0.2) is 32.8 Å². The van der Waals surface area contributed by atoms with Gasteiger partial charge in [0.25, 0.3) is 0 Å². The van der Waals surface area contributed by atoms with Crippen molar-refractivity contribution in [2.24, 2.45) is 10.7 Å². The number of fused-ring (bicyclic) bond motifs is 1. The van der Waals surface area contributed by atoms with Crippen molar-refractivity contribution in [2.45, 2.75) is 11.8 Å². The standard InChI is InChI=1S/C17H17N7OS/c1-11-7-14(22-21-11)20-16-10-23(9-15-19-5-6-24(15)16)26-13-4-2-3-12(8-13)17(18)25/h2-8,10H,9H2,1H3,(H2,18,25)(H2,20,21,22)/p+1. The van der Waals surface area contributed by atoms with Crippen LogP contribution in [0.5, 0.6) is 0 Å². The van der Waals surface area contributed by atoms with Gasteiger partial charge in [-0.15, -0.1) is 0 Å². The highest BCUT2D eigenvalue weighted by molar-refractivity contribution is 7.97. The third-order valence-electron chi connectivity index (χ3n) is 3.96. The lowest BCUT2D eigenvalue weighted by Crippen LogP contribution is -3.10. The van der Waals surface area contributed by atoms with Crippen LogP contribution < -0.4 is 16.0 Å². The minimum absolute atomic E-state index is 0.433. The van der Waals surface area contributed by atoms with Gasteiger partial charge in [-0.05, 0) is 37.1 Å². The largest absolute Gasteiger partial charge is 0.366 e. The SMILES string of the molecule is Cc1cc(NC2=CN(Sc3cccc(C(N)=O)c3)CC3=NC=C[NH+]23)n[nH]1. The topological polar surface area (TPSA) is 104 Å². The Kier molecular flexibility index (Phi) is 4.23. The Morgan fingerprint density at radius 1 is 1.42 bits per heavy atom. The van der Waals surface area contributed by atoms with E-state index in [2.05, 4.69) is 24.8 Å². The predicted octanol–water partition coefficient (Wildman–Crippen LogP) is 0.819. The number of primary amides is 1. The number of aryl methyl sites for hydroxylation is 1. The minimum Gasteiger partial charge on any atom is -0.366 e. The van der Waals surface area contributed by atoms with Crippen molar-refractivity contribution in [3.8, 4) is 0 Å². The number of aliphatic imine (C=N–C) groups is 1. The number of carbonyl (C=O) groups is 1. The van der Waals surface area contributed by atoms with Crippen LogP contribution in [0.4, 0.5) is 5.82 Å². The average Bonchev–Trinajstić information content (AvgIpc) is 3.24. The summed E-state index contributed by atoms with van der Waals surface area (Å²) in [6, 6.07) is 9.22. The molecule has 0 radical (unpaired) electrons. The average molecular weight is 368 g/mol. The van der Waals surface area contributed by atoms with Gasteiger partial charge in [-0.1, -0.05) is 6.07 Å². The molecule has 1 unspecified atom stereocenters. The number of amides is 1. The van der Waals surface area contributed by atoms with Crippen molar-refractivity contribution in [1.82, 2.24) is 14.5 Å². The van der Waals surface area contributed by atoms with Gasteiger partial charge in [0.15, 0.2) is 5.82 Å². The Hall–Kier alpha value is -3.04. The Balaban J connectivity index is 1.58. The number of quaternary nitrogens is 1. The Labute approximate surface area is 154 Å². The molecule has 4 rings (SSSR count). The maximum atomic E-state index is 11.4. The first-order valence-corrected chi connectivity index (χ1v) is 8.82. The Morgan fingerprint density at radius 2 is 2.31 bits per heavy atom. The molecule has 132 valence electrons. The molecule has 0 spiro atoms. The van der Waals surface area contributed by atoms with Crippen LogP contribution in [-0.2, 0) is 0 Å². The van der Waals surface area contributed by atoms with Gasteiger partial charge in [-0.3, -0.25) is 19.5 Å². The first-order valence-electron chi connectivity index (χ1n) is 8.05. The zero-order chi connectivity index (χ0) is 18.1. The molecule has 5 N–H and O–H groups in total. The van der Waals surface area contributed by atoms with Crippen molar-refractivity contribution in [3.05, 3.63) is 66.0 Å². The van der Waals surface area contributed by atoms with Crippen LogP contribution >= 0.6 is 11.9 Å². The number of aromatic nitrogens is 2. The summed E-state index contributed by atoms with van der Waals surface area (Å²) in [5, 5.41) is 10.5. The molecule has 2 aliphatic rings. The number of H-pyrrole nitrogens is 1. The molecule has 2 aliphatic heterocycles. The summed E-state index contributed by atoms with van der Waals surface area (Å²) < 4.78 is 2.07. The van der Waals surface area contributed by atoms with Crippen LogP contribution in [0, 0.1) is 6.92 Å². The summed E-state index contributed by atoms with van der Waals surface area (Å²) in [5.41, 5.74) is 6.85. The molecule has 26 heavy (non-hydrogen) atoms. The van der Waals surface area contributed by atoms with Crippen molar-refractivity contribution >= 4 is 29.5 Å². The normalized spacial score (nSPS) is 18.3. The molecule has 0 fully saturated rings. The summed E-state index contributed by atoms with van der Waals surface area (Å²) >= 11 is 1.52. The van der Waals surface area contributed by atoms with E-state index in [1.807, 2.05) is 37.5 Å². The fourth-order valence-electron chi connectivity index (χ4n) is 2.77. The molecular formula is C17H18N7OS+. The summed E-state index contributed by atoms with van der Waals surface area (Å²) in [4.78, 5) is 17.8. The molecule has 0 saturated carbocycles. The molecular weight excluding hydrogens is 350 g/mol. The fourth-order valence-corrected chi connectivity index (χ4v) is 3.70. The van der Waals surface area contributed by atoms with Crippen molar-refractivity contribution < 1.29 is 9.69 Å².